The van der Waals surface area contributed by atoms with Crippen molar-refractivity contribution in [1.82, 2.24) is 15.2 Å². The largest absolute Gasteiger partial charge is 0.507 e. The predicted molar refractivity (Wildman–Crippen MR) is 227 cm³/mol. The van der Waals surface area contributed by atoms with Crippen LogP contribution in [0.25, 0.3) is 0 Å². The summed E-state index contributed by atoms with van der Waals surface area (Å²) in [6.07, 6.45) is -1.58. The molecule has 340 valence electrons. The SMILES string of the molecule is CCCSC1CC(=O)N(CCCCCC(=O)N/N=C(\C)[C@]2(O)Cc3c(O)c4c(c(O)c3[C@@H](O[C@H]3C[C@H]5[C@H](O[C@@H]6[C@@H](OC)OCCN65)[C@H](C)O3)C2)C(=O)c2c(N)cccc2C4=O)C1=O. The summed E-state index contributed by atoms with van der Waals surface area (Å²) in [5.41, 5.74) is 5.85. The van der Waals surface area contributed by atoms with E-state index in [1.54, 1.807) is 7.11 Å². The van der Waals surface area contributed by atoms with Crippen molar-refractivity contribution in [2.45, 2.75) is 133 Å². The normalized spacial score (nSPS) is 30.5. The van der Waals surface area contributed by atoms with Crippen molar-refractivity contribution in [3.8, 4) is 11.5 Å². The van der Waals surface area contributed by atoms with Crippen molar-refractivity contribution in [1.29, 1.82) is 0 Å². The molecule has 2 aromatic rings. The highest BCUT2D eigenvalue weighted by atomic mass is 32.2. The van der Waals surface area contributed by atoms with E-state index in [2.05, 4.69) is 15.4 Å². The Morgan fingerprint density at radius 1 is 1.08 bits per heavy atom. The number of amides is 3. The number of unbranched alkanes of at least 4 members (excludes halogenated alkanes) is 2. The Morgan fingerprint density at radius 2 is 1.86 bits per heavy atom. The summed E-state index contributed by atoms with van der Waals surface area (Å²) in [6, 6.07) is 4.22. The number of likely N-dealkylation sites (tertiary alicyclic amines) is 1. The van der Waals surface area contributed by atoms with Gasteiger partial charge in [-0.05, 0) is 44.9 Å². The van der Waals surface area contributed by atoms with E-state index >= 15 is 0 Å². The molecule has 2 aromatic carbocycles. The molecular formula is C44H55N5O13S. The Morgan fingerprint density at radius 3 is 2.62 bits per heavy atom. The van der Waals surface area contributed by atoms with E-state index in [1.165, 1.54) is 41.8 Å². The number of ketones is 2. The van der Waals surface area contributed by atoms with Crippen molar-refractivity contribution in [2.24, 2.45) is 5.10 Å². The third-order valence-electron chi connectivity index (χ3n) is 13.1. The molecular weight excluding hydrogens is 839 g/mol. The van der Waals surface area contributed by atoms with E-state index in [9.17, 15) is 39.3 Å². The van der Waals surface area contributed by atoms with Gasteiger partial charge in [0.25, 0.3) is 0 Å². The lowest BCUT2D eigenvalue weighted by Gasteiger charge is -2.43. The Balaban J connectivity index is 1.01. The molecule has 0 saturated carbocycles. The molecule has 9 atom stereocenters. The van der Waals surface area contributed by atoms with Gasteiger partial charge in [-0.1, -0.05) is 25.5 Å². The Hall–Kier alpha value is -4.47. The van der Waals surface area contributed by atoms with E-state index in [0.29, 0.717) is 45.4 Å². The summed E-state index contributed by atoms with van der Waals surface area (Å²) in [6.45, 7) is 6.67. The number of benzene rings is 2. The molecule has 1 unspecified atom stereocenters. The Labute approximate surface area is 368 Å². The molecule has 0 radical (unpaired) electrons. The molecule has 4 fully saturated rings. The standard InChI is InChI=1S/C44H55N5O13S/c1-5-16-63-28-18-30(51)49(41(28)56)13-8-6-7-12-29(50)47-46-22(3)44(57)19-24-33(39(55)35-34(37(24)53)36(52)23-10-9-11-25(45)32(23)38(35)54)27(20-44)61-31-17-26-40(21(2)60-31)62-42-43(58-4)59-15-14-48(26)42/h9-11,21,26-28,31,40,42-43,53,55,57H,5-8,12-20,45H2,1-4H3,(H,47,50)/b46-22+/t21-,26-,27-,28?,31-,40+,42+,43-,44-/m0/s1. The number of rotatable bonds is 14. The minimum absolute atomic E-state index is 0.00386. The maximum absolute atomic E-state index is 14.1. The number of nitrogens with zero attached hydrogens (tertiary/aromatic N) is 3. The van der Waals surface area contributed by atoms with E-state index in [1.807, 2.05) is 13.8 Å². The van der Waals surface area contributed by atoms with Crippen LogP contribution in [-0.4, -0.2) is 141 Å². The second-order valence-corrected chi connectivity index (χ2v) is 18.4. The molecule has 0 bridgehead atoms. The van der Waals surface area contributed by atoms with Gasteiger partial charge in [-0.15, -0.1) is 11.8 Å². The number of phenols is 2. The first kappa shape index (κ1) is 45.1. The highest BCUT2D eigenvalue weighted by Gasteiger charge is 2.55. The quantitative estimate of drug-likeness (QED) is 0.0390. The van der Waals surface area contributed by atoms with Gasteiger partial charge in [-0.2, -0.15) is 5.10 Å². The van der Waals surface area contributed by atoms with Gasteiger partial charge in [-0.3, -0.25) is 33.8 Å². The van der Waals surface area contributed by atoms with Crippen LogP contribution in [0.3, 0.4) is 0 Å². The predicted octanol–water partition coefficient (Wildman–Crippen LogP) is 3.05. The molecule has 63 heavy (non-hydrogen) atoms. The second kappa shape index (κ2) is 18.2. The molecule has 6 aliphatic rings. The number of hydrogen-bond donors (Lipinski definition) is 5. The number of ether oxygens (including phenoxy) is 5. The number of hydrazone groups is 1. The van der Waals surface area contributed by atoms with Crippen molar-refractivity contribution >= 4 is 52.4 Å². The fourth-order valence-corrected chi connectivity index (χ4v) is 10.9. The number of methoxy groups -OCH3 is 1. The fraction of sp³-hybridized carbons (Fsp3) is 0.591. The lowest BCUT2D eigenvalue weighted by atomic mass is 9.71. The summed E-state index contributed by atoms with van der Waals surface area (Å²) < 4.78 is 30.7. The number of thioether (sulfide) groups is 1. The van der Waals surface area contributed by atoms with E-state index < -0.39 is 76.7 Å². The molecule has 19 heteroatoms. The second-order valence-electron chi connectivity index (χ2n) is 17.1. The number of phenolic OH excluding ortho intramolecular Hbond substituents is 2. The smallest absolute Gasteiger partial charge is 0.242 e. The first-order chi connectivity index (χ1) is 30.2. The van der Waals surface area contributed by atoms with Crippen LogP contribution in [-0.2, 0) is 44.5 Å². The molecule has 8 rings (SSSR count). The number of carbonyl (C=O) groups is 5. The Bertz CT molecular complexity index is 2220. The first-order valence-corrected chi connectivity index (χ1v) is 22.7. The highest BCUT2D eigenvalue weighted by molar-refractivity contribution is 8.00. The highest BCUT2D eigenvalue weighted by Crippen LogP contribution is 2.53. The lowest BCUT2D eigenvalue weighted by Crippen LogP contribution is -2.55. The molecule has 18 nitrogen and oxygen atoms in total. The molecule has 6 N–H and O–H groups in total. The van der Waals surface area contributed by atoms with Crippen LogP contribution >= 0.6 is 11.8 Å². The molecule has 0 spiro atoms. The number of nitrogens with two attached hydrogens (primary N) is 1. The molecule has 0 aromatic heterocycles. The number of morpholine rings is 1. The summed E-state index contributed by atoms with van der Waals surface area (Å²) >= 11 is 1.51. The monoisotopic (exact) mass is 893 g/mol. The lowest BCUT2D eigenvalue weighted by molar-refractivity contribution is -0.255. The average Bonchev–Trinajstić information content (AvgIpc) is 3.77. The van der Waals surface area contributed by atoms with E-state index in [4.69, 9.17) is 29.4 Å². The number of fused-ring (bicyclic) bond motifs is 6. The summed E-state index contributed by atoms with van der Waals surface area (Å²) in [5, 5.41) is 40.4. The zero-order valence-corrected chi connectivity index (χ0v) is 36.6. The minimum atomic E-state index is -1.91. The first-order valence-electron chi connectivity index (χ1n) is 21.6. The van der Waals surface area contributed by atoms with Crippen LogP contribution in [0.5, 0.6) is 11.5 Å². The van der Waals surface area contributed by atoms with Gasteiger partial charge in [0.05, 0.1) is 46.5 Å². The van der Waals surface area contributed by atoms with Gasteiger partial charge in [0.1, 0.15) is 23.2 Å². The molecule has 4 aliphatic heterocycles. The zero-order valence-electron chi connectivity index (χ0n) is 35.8. The van der Waals surface area contributed by atoms with Crippen molar-refractivity contribution in [3.63, 3.8) is 0 Å². The van der Waals surface area contributed by atoms with Crippen molar-refractivity contribution in [3.05, 3.63) is 51.6 Å². The number of aliphatic hydroxyl groups is 1. The van der Waals surface area contributed by atoms with E-state index in [-0.39, 0.29) is 88.5 Å². The van der Waals surface area contributed by atoms with Crippen molar-refractivity contribution in [2.75, 3.05) is 38.3 Å². The van der Waals surface area contributed by atoms with Crippen LogP contribution < -0.4 is 11.2 Å². The van der Waals surface area contributed by atoms with Gasteiger partial charge in [0.15, 0.2) is 30.4 Å². The number of imide groups is 1. The number of nitrogens with one attached hydrogen (secondary N) is 1. The van der Waals surface area contributed by atoms with Gasteiger partial charge >= 0.3 is 0 Å². The maximum Gasteiger partial charge on any atom is 0.242 e. The third-order valence-corrected chi connectivity index (χ3v) is 14.5. The van der Waals surface area contributed by atoms with Gasteiger partial charge < -0.3 is 44.7 Å². The Kier molecular flexibility index (Phi) is 13.0. The average molecular weight is 894 g/mol. The summed E-state index contributed by atoms with van der Waals surface area (Å²) in [4.78, 5) is 69.6. The molecule has 4 heterocycles. The number of anilines is 1. The van der Waals surface area contributed by atoms with Crippen LogP contribution in [0.2, 0.25) is 0 Å². The fourth-order valence-electron chi connectivity index (χ4n) is 9.81. The minimum Gasteiger partial charge on any atom is -0.507 e. The van der Waals surface area contributed by atoms with Crippen molar-refractivity contribution < 1.29 is 63.0 Å². The van der Waals surface area contributed by atoms with Crippen LogP contribution in [0.4, 0.5) is 5.69 Å². The molecule has 3 amide bonds. The topological polar surface area (TPSA) is 249 Å². The van der Waals surface area contributed by atoms with Gasteiger partial charge in [0.2, 0.25) is 17.7 Å². The molecule has 2 aliphatic carbocycles. The van der Waals surface area contributed by atoms with Crippen LogP contribution in [0.1, 0.15) is 121 Å². The third kappa shape index (κ3) is 8.26. The number of aromatic hydroxyl groups is 2. The van der Waals surface area contributed by atoms with Crippen LogP contribution in [0, 0.1) is 0 Å². The number of hydrogen-bond acceptors (Lipinski definition) is 17. The summed E-state index contributed by atoms with van der Waals surface area (Å²) in [5.74, 6) is -2.61. The van der Waals surface area contributed by atoms with E-state index in [0.717, 1.165) is 12.2 Å². The van der Waals surface area contributed by atoms with Crippen LogP contribution in [0.15, 0.2) is 23.3 Å². The summed E-state index contributed by atoms with van der Waals surface area (Å²) in [7, 11) is 1.55. The zero-order chi connectivity index (χ0) is 44.9. The number of carbonyl (C=O) groups excluding carboxylic acids is 5. The maximum atomic E-state index is 14.1. The molecule has 4 saturated heterocycles. The van der Waals surface area contributed by atoms with Gasteiger partial charge in [-0.25, -0.2) is 5.43 Å². The van der Waals surface area contributed by atoms with Gasteiger partial charge in [0, 0.05) is 80.7 Å². The number of nitrogen functional groups attached to an aromatic ring is 1.